The maximum atomic E-state index is 13.8. The molecule has 18 nitrogen and oxygen atoms in total. The molecule has 0 saturated carbocycles. The minimum Gasteiger partial charge on any atom is -0.394 e. The van der Waals surface area contributed by atoms with E-state index in [9.17, 15) is 32.3 Å². The largest absolute Gasteiger partial charge is 0.394 e. The van der Waals surface area contributed by atoms with Crippen molar-refractivity contribution in [1.82, 2.24) is 59.3 Å². The van der Waals surface area contributed by atoms with Gasteiger partial charge in [0.15, 0.2) is 11.3 Å². The Kier molecular flexibility index (Phi) is 16.9. The topological polar surface area (TPSA) is 203 Å². The fraction of sp³-hybridized carbons (Fsp3) is 0.429. The fourth-order valence-corrected chi connectivity index (χ4v) is 9.20. The summed E-state index contributed by atoms with van der Waals surface area (Å²) >= 11 is 0. The molecule has 0 radical (unpaired) electrons. The minimum absolute atomic E-state index is 0.165. The molecule has 0 unspecified atom stereocenters. The molecule has 8 rings (SSSR count). The molecule has 390 valence electrons. The molecule has 0 aliphatic carbocycles. The van der Waals surface area contributed by atoms with Crippen LogP contribution in [-0.2, 0) is 41.8 Å². The zero-order valence-electron chi connectivity index (χ0n) is 42.6. The lowest BCUT2D eigenvalue weighted by Gasteiger charge is -2.15. The molecule has 6 aromatic heterocycles. The number of carbonyl (C=O) groups excluding carboxylic acids is 2. The summed E-state index contributed by atoms with van der Waals surface area (Å²) in [5.41, 5.74) is 5.29. The zero-order chi connectivity index (χ0) is 52.9. The molecule has 73 heavy (non-hydrogen) atoms. The molecule has 0 aliphatic heterocycles. The Balaban J connectivity index is 0.000000214. The van der Waals surface area contributed by atoms with Gasteiger partial charge in [-0.1, -0.05) is 39.3 Å². The van der Waals surface area contributed by atoms with Crippen LogP contribution in [0.4, 0.5) is 17.6 Å². The van der Waals surface area contributed by atoms with Crippen LogP contribution in [0.2, 0.25) is 51.4 Å². The molecule has 6 heterocycles. The molecule has 0 fully saturated rings. The van der Waals surface area contributed by atoms with Crippen LogP contribution in [0.3, 0.4) is 0 Å². The van der Waals surface area contributed by atoms with E-state index in [4.69, 9.17) is 19.4 Å². The number of halogens is 4. The van der Waals surface area contributed by atoms with Crippen molar-refractivity contribution in [2.75, 3.05) is 26.4 Å². The zero-order valence-corrected chi connectivity index (χ0v) is 44.6. The van der Waals surface area contributed by atoms with E-state index in [1.807, 2.05) is 0 Å². The molecule has 0 bridgehead atoms. The van der Waals surface area contributed by atoms with Gasteiger partial charge in [0.25, 0.3) is 11.8 Å². The molecule has 2 amide bonds. The van der Waals surface area contributed by atoms with Crippen molar-refractivity contribution in [2.45, 2.75) is 97.4 Å². The van der Waals surface area contributed by atoms with Crippen molar-refractivity contribution < 1.29 is 46.5 Å². The van der Waals surface area contributed by atoms with Crippen LogP contribution in [0, 0.1) is 11.6 Å². The third-order valence-electron chi connectivity index (χ3n) is 11.7. The van der Waals surface area contributed by atoms with Gasteiger partial charge in [0.05, 0.1) is 47.8 Å². The number of carbonyl (C=O) groups is 2. The maximum absolute atomic E-state index is 13.8. The number of alkyl halides is 2. The molecule has 8 aromatic rings. The maximum Gasteiger partial charge on any atom is 0.345 e. The Bertz CT molecular complexity index is 3260. The van der Waals surface area contributed by atoms with Crippen LogP contribution in [0.5, 0.6) is 0 Å². The fourth-order valence-electron chi connectivity index (χ4n) is 7.69. The quantitative estimate of drug-likeness (QED) is 0.0375. The highest BCUT2D eigenvalue weighted by atomic mass is 28.3. The highest BCUT2D eigenvalue weighted by molar-refractivity contribution is 6.76. The van der Waals surface area contributed by atoms with Gasteiger partial charge in [-0.15, -0.1) is 0 Å². The molecule has 2 atom stereocenters. The number of aromatic nitrogens is 10. The van der Waals surface area contributed by atoms with Gasteiger partial charge in [0, 0.05) is 78.7 Å². The summed E-state index contributed by atoms with van der Waals surface area (Å²) in [6.07, 6.45) is 6.41. The number of aliphatic hydroxyl groups excluding tert-OH is 1. The second kappa shape index (κ2) is 22.8. The Morgan fingerprint density at radius 2 is 1.11 bits per heavy atom. The van der Waals surface area contributed by atoms with E-state index in [2.05, 4.69) is 74.8 Å². The lowest BCUT2D eigenvalue weighted by Crippen LogP contribution is -2.36. The van der Waals surface area contributed by atoms with Gasteiger partial charge in [0.2, 0.25) is 0 Å². The number of aliphatic hydroxyl groups is 1. The van der Waals surface area contributed by atoms with E-state index in [1.165, 1.54) is 24.3 Å². The molecule has 0 aliphatic rings. The molecule has 3 N–H and O–H groups in total. The number of amides is 2. The molecule has 2 aromatic carbocycles. The average molecular weight is 1050 g/mol. The smallest absolute Gasteiger partial charge is 0.345 e. The number of nitrogens with one attached hydrogen (secondary N) is 2. The van der Waals surface area contributed by atoms with Gasteiger partial charge in [-0.25, -0.2) is 28.7 Å². The predicted molar refractivity (Wildman–Crippen MR) is 275 cm³/mol. The first-order valence-corrected chi connectivity index (χ1v) is 31.2. The van der Waals surface area contributed by atoms with Crippen molar-refractivity contribution in [1.29, 1.82) is 0 Å². The second-order valence-electron chi connectivity index (χ2n) is 20.4. The Morgan fingerprint density at radius 1 is 0.685 bits per heavy atom. The first-order chi connectivity index (χ1) is 34.5. The standard InChI is InChI=1S/C25H31F3N6O3Si.C24H31FN6O3Si/c1-15(13-37-25(27)28)30-24(35)18-12-34(14-36-8-9-38(3,4)5)23-22(18)31-19(11-29-23)21-17-7-6-16(26)10-20(17)33(2)32-21;1-15(13-32)27-24(33)18-12-31(14-34-8-9-35(3,4)5)23-22(18)28-19(11-26-23)21-17-7-6-16(25)10-20(17)30(2)29-21/h6-7,10-12,15,25H,8-9,13-14H2,1-5H3,(H,30,35);6-7,10-12,15,32H,8-9,13-14H2,1-5H3,(H,27,33)/t2*15-/m00/s1. The Morgan fingerprint density at radius 3 is 1.51 bits per heavy atom. The number of ether oxygens (including phenoxy) is 3. The minimum atomic E-state index is -2.93. The van der Waals surface area contributed by atoms with Gasteiger partial charge < -0.3 is 39.1 Å². The Labute approximate surface area is 421 Å². The van der Waals surface area contributed by atoms with Crippen molar-refractivity contribution >= 4 is 72.1 Å². The monoisotopic (exact) mass is 1050 g/mol. The summed E-state index contributed by atoms with van der Waals surface area (Å²) in [7, 11) is 0.913. The van der Waals surface area contributed by atoms with Gasteiger partial charge >= 0.3 is 6.61 Å². The van der Waals surface area contributed by atoms with Gasteiger partial charge in [-0.3, -0.25) is 19.0 Å². The lowest BCUT2D eigenvalue weighted by atomic mass is 10.1. The van der Waals surface area contributed by atoms with Crippen LogP contribution in [-0.4, -0.2) is 127 Å². The van der Waals surface area contributed by atoms with E-state index in [0.717, 1.165) is 17.5 Å². The molecular formula is C49H62F4N12O6Si2. The lowest BCUT2D eigenvalue weighted by molar-refractivity contribution is -0.132. The molecule has 0 spiro atoms. The predicted octanol–water partition coefficient (Wildman–Crippen LogP) is 8.34. The van der Waals surface area contributed by atoms with Crippen LogP contribution >= 0.6 is 0 Å². The summed E-state index contributed by atoms with van der Waals surface area (Å²) in [5.74, 6) is -1.61. The van der Waals surface area contributed by atoms with Crippen molar-refractivity contribution in [2.24, 2.45) is 14.1 Å². The SMILES string of the molecule is C[C@@H](CO)NC(=O)c1cn(COCC[Si](C)(C)C)c2ncc(-c3nn(C)c4cc(F)ccc34)nc12.C[C@@H](COC(F)F)NC(=O)c1cn(COCC[Si](C)(C)C)c2ncc(-c3nn(C)c4cc(F)ccc34)nc12. The summed E-state index contributed by atoms with van der Waals surface area (Å²) in [6, 6.07) is 9.71. The highest BCUT2D eigenvalue weighted by Crippen LogP contribution is 2.31. The van der Waals surface area contributed by atoms with E-state index in [-0.39, 0.29) is 49.8 Å². The number of rotatable bonds is 20. The second-order valence-corrected chi connectivity index (χ2v) is 31.6. The number of benzene rings is 2. The third kappa shape index (κ3) is 13.4. The van der Waals surface area contributed by atoms with Crippen LogP contribution in [0.25, 0.3) is 66.9 Å². The average Bonchev–Trinajstić information content (AvgIpc) is 4.07. The number of hydrogen-bond donors (Lipinski definition) is 3. The molecule has 0 saturated heterocycles. The third-order valence-corrected chi connectivity index (χ3v) is 15.1. The van der Waals surface area contributed by atoms with E-state index in [0.29, 0.717) is 80.3 Å². The number of fused-ring (bicyclic) bond motifs is 4. The van der Waals surface area contributed by atoms with E-state index in [1.54, 1.807) is 83.4 Å². The van der Waals surface area contributed by atoms with Crippen molar-refractivity contribution in [3.63, 3.8) is 0 Å². The summed E-state index contributed by atoms with van der Waals surface area (Å²) < 4.78 is 75.1. The normalized spacial score (nSPS) is 13.0. The van der Waals surface area contributed by atoms with Crippen LogP contribution < -0.4 is 10.6 Å². The summed E-state index contributed by atoms with van der Waals surface area (Å²) in [6.45, 7) is 15.0. The molecular weight excluding hydrogens is 985 g/mol. The summed E-state index contributed by atoms with van der Waals surface area (Å²) in [5, 5.41) is 25.2. The van der Waals surface area contributed by atoms with Crippen LogP contribution in [0.1, 0.15) is 34.6 Å². The summed E-state index contributed by atoms with van der Waals surface area (Å²) in [4.78, 5) is 44.8. The van der Waals surface area contributed by atoms with Gasteiger partial charge in [-0.2, -0.15) is 19.0 Å². The van der Waals surface area contributed by atoms with E-state index < -0.39 is 40.8 Å². The van der Waals surface area contributed by atoms with Crippen LogP contribution in [0.15, 0.2) is 61.2 Å². The first-order valence-electron chi connectivity index (χ1n) is 23.7. The van der Waals surface area contributed by atoms with Crippen molar-refractivity contribution in [3.05, 3.63) is 83.9 Å². The highest BCUT2D eigenvalue weighted by Gasteiger charge is 2.25. The number of aryl methyl sites for hydroxylation is 2. The molecule has 24 heteroatoms. The number of hydrogen-bond acceptors (Lipinski definition) is 12. The van der Waals surface area contributed by atoms with Gasteiger partial charge in [-0.05, 0) is 62.3 Å². The van der Waals surface area contributed by atoms with E-state index >= 15 is 0 Å². The first kappa shape index (κ1) is 54.3. The Hall–Kier alpha value is -6.45. The van der Waals surface area contributed by atoms with Gasteiger partial charge in [0.1, 0.15) is 58.9 Å². The number of nitrogens with zero attached hydrogens (tertiary/aromatic N) is 10. The van der Waals surface area contributed by atoms with Crippen molar-refractivity contribution in [3.8, 4) is 22.8 Å².